The molecule has 2 unspecified atom stereocenters. The summed E-state index contributed by atoms with van der Waals surface area (Å²) < 4.78 is 22.3. The lowest BCUT2D eigenvalue weighted by molar-refractivity contribution is 0.00647. The average molecular weight is 345 g/mol. The van der Waals surface area contributed by atoms with Crippen LogP contribution in [0.5, 0.6) is 0 Å². The smallest absolute Gasteiger partial charge is 0.178 e. The second kappa shape index (κ2) is 5.00. The van der Waals surface area contributed by atoms with Crippen LogP contribution in [0.25, 0.3) is 11.0 Å². The van der Waals surface area contributed by atoms with Gasteiger partial charge in [-0.05, 0) is 54.0 Å². The zero-order chi connectivity index (χ0) is 13.6. The summed E-state index contributed by atoms with van der Waals surface area (Å²) in [6.45, 7) is 2.81. The number of H-pyrrole nitrogens is 1. The summed E-state index contributed by atoms with van der Waals surface area (Å²) >= 11 is 8.62. The molecule has 1 N–H and O–H groups in total. The van der Waals surface area contributed by atoms with E-state index in [9.17, 15) is 4.39 Å². The quantitative estimate of drug-likeness (QED) is 0.780. The zero-order valence-corrected chi connectivity index (χ0v) is 12.9. The van der Waals surface area contributed by atoms with E-state index in [0.717, 1.165) is 30.5 Å². The van der Waals surface area contributed by atoms with E-state index in [2.05, 4.69) is 32.4 Å². The molecular weight excluding hydrogens is 331 g/mol. The standard InChI is InChI=1S/C13H14BrFN2OS/c1-7-4-8(2-3-18-7)17-12-5-9(14)10(15)6-11(12)16-13(17)19/h5-8H,2-4H2,1H3,(H,16,19). The Kier molecular flexibility index (Phi) is 3.49. The third-order valence-electron chi connectivity index (χ3n) is 3.58. The van der Waals surface area contributed by atoms with Crippen molar-refractivity contribution in [3.05, 3.63) is 27.2 Å². The van der Waals surface area contributed by atoms with E-state index in [0.29, 0.717) is 15.3 Å². The first kappa shape index (κ1) is 13.3. The molecule has 3 nitrogen and oxygen atoms in total. The van der Waals surface area contributed by atoms with Crippen LogP contribution in [-0.4, -0.2) is 22.3 Å². The maximum Gasteiger partial charge on any atom is 0.178 e. The number of fused-ring (bicyclic) bond motifs is 1. The van der Waals surface area contributed by atoms with E-state index < -0.39 is 0 Å². The Labute approximate surface area is 123 Å². The first-order chi connectivity index (χ1) is 9.06. The summed E-state index contributed by atoms with van der Waals surface area (Å²) in [5, 5.41) is 0. The Hall–Kier alpha value is -0.720. The number of hydrogen-bond donors (Lipinski definition) is 1. The third kappa shape index (κ3) is 2.37. The minimum Gasteiger partial charge on any atom is -0.378 e. The van der Waals surface area contributed by atoms with Crippen molar-refractivity contribution < 1.29 is 9.13 Å². The van der Waals surface area contributed by atoms with Crippen molar-refractivity contribution in [3.8, 4) is 0 Å². The van der Waals surface area contributed by atoms with Gasteiger partial charge in [0.25, 0.3) is 0 Å². The number of aromatic nitrogens is 2. The molecule has 2 aromatic rings. The molecular formula is C13H14BrFN2OS. The molecule has 0 aliphatic carbocycles. The number of nitrogens with zero attached hydrogens (tertiary/aromatic N) is 1. The SMILES string of the molecule is CC1CC(n2c(=S)[nH]c3cc(F)c(Br)cc32)CCO1. The van der Waals surface area contributed by atoms with E-state index >= 15 is 0 Å². The second-order valence-electron chi connectivity index (χ2n) is 4.94. The lowest BCUT2D eigenvalue weighted by Gasteiger charge is -2.28. The number of nitrogens with one attached hydrogen (secondary N) is 1. The Morgan fingerprint density at radius 1 is 1.53 bits per heavy atom. The van der Waals surface area contributed by atoms with Gasteiger partial charge in [0.05, 0.1) is 21.6 Å². The van der Waals surface area contributed by atoms with Crippen LogP contribution in [0.4, 0.5) is 4.39 Å². The molecule has 0 spiro atoms. The molecule has 102 valence electrons. The fourth-order valence-electron chi connectivity index (χ4n) is 2.69. The zero-order valence-electron chi connectivity index (χ0n) is 10.5. The van der Waals surface area contributed by atoms with Gasteiger partial charge in [-0.1, -0.05) is 0 Å². The fourth-order valence-corrected chi connectivity index (χ4v) is 3.38. The Morgan fingerprint density at radius 2 is 2.32 bits per heavy atom. The molecule has 3 rings (SSSR count). The van der Waals surface area contributed by atoms with E-state index in [1.165, 1.54) is 6.07 Å². The molecule has 0 saturated carbocycles. The number of aromatic amines is 1. The van der Waals surface area contributed by atoms with Crippen LogP contribution in [0.3, 0.4) is 0 Å². The highest BCUT2D eigenvalue weighted by atomic mass is 79.9. The molecule has 0 bridgehead atoms. The second-order valence-corrected chi connectivity index (χ2v) is 6.18. The highest BCUT2D eigenvalue weighted by Gasteiger charge is 2.23. The Balaban J connectivity index is 2.14. The van der Waals surface area contributed by atoms with Crippen molar-refractivity contribution in [2.24, 2.45) is 0 Å². The van der Waals surface area contributed by atoms with Crippen LogP contribution >= 0.6 is 28.1 Å². The van der Waals surface area contributed by atoms with Crippen LogP contribution in [-0.2, 0) is 4.74 Å². The topological polar surface area (TPSA) is 29.9 Å². The van der Waals surface area contributed by atoms with Gasteiger partial charge in [0, 0.05) is 18.7 Å². The van der Waals surface area contributed by atoms with E-state index in [1.54, 1.807) is 6.07 Å². The molecule has 1 aromatic carbocycles. The Bertz CT molecular complexity index is 681. The number of ether oxygens (including phenoxy) is 1. The largest absolute Gasteiger partial charge is 0.378 e. The van der Waals surface area contributed by atoms with Crippen molar-refractivity contribution in [1.82, 2.24) is 9.55 Å². The molecule has 19 heavy (non-hydrogen) atoms. The third-order valence-corrected chi connectivity index (χ3v) is 4.49. The minimum absolute atomic E-state index is 0.231. The van der Waals surface area contributed by atoms with Crippen LogP contribution in [0.2, 0.25) is 0 Å². The van der Waals surface area contributed by atoms with Crippen molar-refractivity contribution in [2.45, 2.75) is 31.9 Å². The summed E-state index contributed by atoms with van der Waals surface area (Å²) in [5.41, 5.74) is 1.68. The molecule has 2 atom stereocenters. The highest BCUT2D eigenvalue weighted by Crippen LogP contribution is 2.31. The molecule has 2 heterocycles. The number of rotatable bonds is 1. The first-order valence-corrected chi connectivity index (χ1v) is 7.47. The van der Waals surface area contributed by atoms with Crippen molar-refractivity contribution >= 4 is 39.2 Å². The van der Waals surface area contributed by atoms with E-state index in [-0.39, 0.29) is 11.9 Å². The van der Waals surface area contributed by atoms with Crippen molar-refractivity contribution in [1.29, 1.82) is 0 Å². The number of imidazole rings is 1. The van der Waals surface area contributed by atoms with Gasteiger partial charge in [-0.15, -0.1) is 0 Å². The molecule has 1 aliphatic rings. The van der Waals surface area contributed by atoms with Gasteiger partial charge in [-0.2, -0.15) is 0 Å². The minimum atomic E-state index is -0.281. The summed E-state index contributed by atoms with van der Waals surface area (Å²) in [4.78, 5) is 3.08. The van der Waals surface area contributed by atoms with Gasteiger partial charge < -0.3 is 14.3 Å². The number of halogens is 2. The van der Waals surface area contributed by atoms with Crippen molar-refractivity contribution in [3.63, 3.8) is 0 Å². The van der Waals surface area contributed by atoms with Crippen LogP contribution < -0.4 is 0 Å². The van der Waals surface area contributed by atoms with Crippen molar-refractivity contribution in [2.75, 3.05) is 6.61 Å². The van der Waals surface area contributed by atoms with Gasteiger partial charge in [0.2, 0.25) is 0 Å². The first-order valence-electron chi connectivity index (χ1n) is 6.27. The molecule has 0 radical (unpaired) electrons. The molecule has 1 aliphatic heterocycles. The van der Waals surface area contributed by atoms with Gasteiger partial charge in [0.1, 0.15) is 5.82 Å². The maximum atomic E-state index is 13.6. The predicted molar refractivity (Wildman–Crippen MR) is 78.5 cm³/mol. The van der Waals surface area contributed by atoms with Crippen LogP contribution in [0, 0.1) is 10.6 Å². The summed E-state index contributed by atoms with van der Waals surface area (Å²) in [6, 6.07) is 3.58. The normalized spacial score (nSPS) is 23.9. The molecule has 6 heteroatoms. The lowest BCUT2D eigenvalue weighted by Crippen LogP contribution is -2.25. The fraction of sp³-hybridized carbons (Fsp3) is 0.462. The Morgan fingerprint density at radius 3 is 3.05 bits per heavy atom. The highest BCUT2D eigenvalue weighted by molar-refractivity contribution is 9.10. The summed E-state index contributed by atoms with van der Waals surface area (Å²) in [6.07, 6.45) is 2.09. The predicted octanol–water partition coefficient (Wildman–Crippen LogP) is 4.34. The molecule has 1 fully saturated rings. The van der Waals surface area contributed by atoms with Gasteiger partial charge >= 0.3 is 0 Å². The maximum absolute atomic E-state index is 13.6. The molecule has 0 amide bonds. The van der Waals surface area contributed by atoms with E-state index in [1.807, 2.05) is 0 Å². The molecule has 1 saturated heterocycles. The lowest BCUT2D eigenvalue weighted by atomic mass is 10.0. The van der Waals surface area contributed by atoms with Crippen LogP contribution in [0.15, 0.2) is 16.6 Å². The summed E-state index contributed by atoms with van der Waals surface area (Å²) in [7, 11) is 0. The number of hydrogen-bond acceptors (Lipinski definition) is 2. The monoisotopic (exact) mass is 344 g/mol. The average Bonchev–Trinajstić information content (AvgIpc) is 2.65. The summed E-state index contributed by atoms with van der Waals surface area (Å²) in [5.74, 6) is -0.281. The van der Waals surface area contributed by atoms with Gasteiger partial charge in [-0.3, -0.25) is 0 Å². The molecule has 1 aromatic heterocycles. The van der Waals surface area contributed by atoms with E-state index in [4.69, 9.17) is 17.0 Å². The van der Waals surface area contributed by atoms with Gasteiger partial charge in [0.15, 0.2) is 4.77 Å². The van der Waals surface area contributed by atoms with Crippen LogP contribution in [0.1, 0.15) is 25.8 Å². The van der Waals surface area contributed by atoms with Gasteiger partial charge in [-0.25, -0.2) is 4.39 Å². The number of benzene rings is 1.